The Morgan fingerprint density at radius 1 is 1.08 bits per heavy atom. The fraction of sp³-hybridized carbons (Fsp3) is 0.438. The third kappa shape index (κ3) is 6.64. The van der Waals surface area contributed by atoms with E-state index in [1.165, 1.54) is 29.2 Å². The van der Waals surface area contributed by atoms with Crippen molar-refractivity contribution in [2.45, 2.75) is 20.3 Å². The molecule has 7 nitrogen and oxygen atoms in total. The second kappa shape index (κ2) is 10.2. The SMILES string of the molecule is CCOC(=O)CN(C(=O)CCNC(=O)OCC)c1ccc(F)cc1. The number of alkyl carbamates (subject to hydrolysis) is 1. The average Bonchev–Trinajstić information content (AvgIpc) is 2.54. The normalized spacial score (nSPS) is 9.96. The molecule has 1 aromatic carbocycles. The largest absolute Gasteiger partial charge is 0.465 e. The van der Waals surface area contributed by atoms with Gasteiger partial charge in [0, 0.05) is 18.7 Å². The Morgan fingerprint density at radius 2 is 1.71 bits per heavy atom. The predicted octanol–water partition coefficient (Wildman–Crippen LogP) is 1.86. The molecule has 132 valence electrons. The highest BCUT2D eigenvalue weighted by Crippen LogP contribution is 2.16. The number of hydrogen-bond donors (Lipinski definition) is 1. The van der Waals surface area contributed by atoms with Crippen LogP contribution < -0.4 is 10.2 Å². The lowest BCUT2D eigenvalue weighted by atomic mass is 10.2. The molecule has 1 rings (SSSR count). The van der Waals surface area contributed by atoms with Crippen LogP contribution in [0.3, 0.4) is 0 Å². The molecule has 0 fully saturated rings. The molecule has 1 aromatic rings. The van der Waals surface area contributed by atoms with E-state index in [0.29, 0.717) is 5.69 Å². The number of benzene rings is 1. The molecule has 0 aromatic heterocycles. The number of rotatable bonds is 8. The summed E-state index contributed by atoms with van der Waals surface area (Å²) in [5.41, 5.74) is 0.366. The van der Waals surface area contributed by atoms with Crippen LogP contribution in [0.1, 0.15) is 20.3 Å². The van der Waals surface area contributed by atoms with E-state index in [1.807, 2.05) is 0 Å². The topological polar surface area (TPSA) is 84.9 Å². The quantitative estimate of drug-likeness (QED) is 0.730. The first kappa shape index (κ1) is 19.4. The summed E-state index contributed by atoms with van der Waals surface area (Å²) in [6, 6.07) is 5.17. The van der Waals surface area contributed by atoms with Gasteiger partial charge in [0.05, 0.1) is 13.2 Å². The number of anilines is 1. The highest BCUT2D eigenvalue weighted by Gasteiger charge is 2.20. The summed E-state index contributed by atoms with van der Waals surface area (Å²) in [4.78, 5) is 36.4. The summed E-state index contributed by atoms with van der Waals surface area (Å²) in [5.74, 6) is -1.44. The van der Waals surface area contributed by atoms with Gasteiger partial charge in [0.2, 0.25) is 5.91 Å². The Kier molecular flexibility index (Phi) is 8.24. The standard InChI is InChI=1S/C16H21FN2O5/c1-3-23-15(21)11-19(13-7-5-12(17)6-8-13)14(20)9-10-18-16(22)24-4-2/h5-8H,3-4,9-11H2,1-2H3,(H,18,22). The molecular formula is C16H21FN2O5. The third-order valence-electron chi connectivity index (χ3n) is 2.92. The smallest absolute Gasteiger partial charge is 0.407 e. The summed E-state index contributed by atoms with van der Waals surface area (Å²) in [5, 5.41) is 2.42. The molecule has 0 spiro atoms. The Morgan fingerprint density at radius 3 is 2.29 bits per heavy atom. The molecule has 1 N–H and O–H groups in total. The predicted molar refractivity (Wildman–Crippen MR) is 85.0 cm³/mol. The van der Waals surface area contributed by atoms with Gasteiger partial charge in [0.1, 0.15) is 12.4 Å². The summed E-state index contributed by atoms with van der Waals surface area (Å²) in [7, 11) is 0. The van der Waals surface area contributed by atoms with Crippen molar-refractivity contribution < 1.29 is 28.2 Å². The van der Waals surface area contributed by atoms with Crippen molar-refractivity contribution in [2.75, 3.05) is 31.2 Å². The van der Waals surface area contributed by atoms with Gasteiger partial charge in [-0.15, -0.1) is 0 Å². The average molecular weight is 340 g/mol. The van der Waals surface area contributed by atoms with E-state index < -0.39 is 23.8 Å². The van der Waals surface area contributed by atoms with Crippen molar-refractivity contribution in [3.63, 3.8) is 0 Å². The van der Waals surface area contributed by atoms with Gasteiger partial charge in [-0.05, 0) is 38.1 Å². The molecule has 0 bridgehead atoms. The maximum absolute atomic E-state index is 13.0. The molecule has 0 saturated carbocycles. The Balaban J connectivity index is 2.72. The molecule has 0 radical (unpaired) electrons. The maximum atomic E-state index is 13.0. The zero-order valence-electron chi connectivity index (χ0n) is 13.7. The highest BCUT2D eigenvalue weighted by atomic mass is 19.1. The van der Waals surface area contributed by atoms with Crippen molar-refractivity contribution >= 4 is 23.7 Å². The lowest BCUT2D eigenvalue weighted by molar-refractivity contribution is -0.142. The van der Waals surface area contributed by atoms with E-state index in [1.54, 1.807) is 13.8 Å². The number of nitrogens with one attached hydrogen (secondary N) is 1. The molecule has 0 heterocycles. The first-order valence-corrected chi connectivity index (χ1v) is 7.60. The molecule has 0 aliphatic rings. The summed E-state index contributed by atoms with van der Waals surface area (Å²) >= 11 is 0. The van der Waals surface area contributed by atoms with Crippen LogP contribution in [0.2, 0.25) is 0 Å². The first-order chi connectivity index (χ1) is 11.5. The summed E-state index contributed by atoms with van der Waals surface area (Å²) in [6.07, 6.45) is -0.667. The van der Waals surface area contributed by atoms with E-state index >= 15 is 0 Å². The van der Waals surface area contributed by atoms with Crippen molar-refractivity contribution in [3.05, 3.63) is 30.1 Å². The van der Waals surface area contributed by atoms with Crippen LogP contribution >= 0.6 is 0 Å². The molecule has 8 heteroatoms. The van der Waals surface area contributed by atoms with Crippen LogP contribution in [-0.4, -0.2) is 44.3 Å². The Labute approximate surface area is 139 Å². The van der Waals surface area contributed by atoms with Gasteiger partial charge in [-0.1, -0.05) is 0 Å². The van der Waals surface area contributed by atoms with Crippen LogP contribution in [-0.2, 0) is 19.1 Å². The van der Waals surface area contributed by atoms with E-state index in [0.717, 1.165) is 0 Å². The summed E-state index contributed by atoms with van der Waals surface area (Å²) in [6.45, 7) is 3.50. The minimum atomic E-state index is -0.621. The monoisotopic (exact) mass is 340 g/mol. The molecular weight excluding hydrogens is 319 g/mol. The Bertz CT molecular complexity index is 562. The maximum Gasteiger partial charge on any atom is 0.407 e. The van der Waals surface area contributed by atoms with Gasteiger partial charge >= 0.3 is 12.1 Å². The van der Waals surface area contributed by atoms with E-state index in [9.17, 15) is 18.8 Å². The second-order valence-electron chi connectivity index (χ2n) is 4.66. The summed E-state index contributed by atoms with van der Waals surface area (Å²) < 4.78 is 22.6. The highest BCUT2D eigenvalue weighted by molar-refractivity contribution is 5.97. The zero-order chi connectivity index (χ0) is 17.9. The lowest BCUT2D eigenvalue weighted by Gasteiger charge is -2.22. The van der Waals surface area contributed by atoms with Crippen molar-refractivity contribution in [1.82, 2.24) is 5.32 Å². The minimum absolute atomic E-state index is 0.0460. The van der Waals surface area contributed by atoms with Gasteiger partial charge in [0.15, 0.2) is 0 Å². The van der Waals surface area contributed by atoms with Crippen LogP contribution in [0.25, 0.3) is 0 Å². The fourth-order valence-corrected chi connectivity index (χ4v) is 1.87. The third-order valence-corrected chi connectivity index (χ3v) is 2.92. The van der Waals surface area contributed by atoms with Gasteiger partial charge in [-0.25, -0.2) is 9.18 Å². The van der Waals surface area contributed by atoms with Crippen LogP contribution in [0.5, 0.6) is 0 Å². The van der Waals surface area contributed by atoms with Crippen molar-refractivity contribution in [1.29, 1.82) is 0 Å². The van der Waals surface area contributed by atoms with Crippen LogP contribution in [0, 0.1) is 5.82 Å². The van der Waals surface area contributed by atoms with Crippen LogP contribution in [0.15, 0.2) is 24.3 Å². The number of halogens is 1. The van der Waals surface area contributed by atoms with Gasteiger partial charge in [-0.2, -0.15) is 0 Å². The molecule has 0 saturated heterocycles. The number of ether oxygens (including phenoxy) is 2. The van der Waals surface area contributed by atoms with Gasteiger partial charge in [0.25, 0.3) is 0 Å². The van der Waals surface area contributed by atoms with Gasteiger partial charge < -0.3 is 19.7 Å². The van der Waals surface area contributed by atoms with E-state index in [2.05, 4.69) is 10.1 Å². The van der Waals surface area contributed by atoms with Crippen molar-refractivity contribution in [2.24, 2.45) is 0 Å². The van der Waals surface area contributed by atoms with Gasteiger partial charge in [-0.3, -0.25) is 9.59 Å². The molecule has 0 aliphatic carbocycles. The molecule has 2 amide bonds. The number of esters is 1. The zero-order valence-corrected chi connectivity index (χ0v) is 13.7. The first-order valence-electron chi connectivity index (χ1n) is 7.60. The number of amides is 2. The van der Waals surface area contributed by atoms with Crippen molar-refractivity contribution in [3.8, 4) is 0 Å². The molecule has 0 atom stereocenters. The van der Waals surface area contributed by atoms with Crippen LogP contribution in [0.4, 0.5) is 14.9 Å². The Hall–Kier alpha value is -2.64. The number of hydrogen-bond acceptors (Lipinski definition) is 5. The number of nitrogens with zero attached hydrogens (tertiary/aromatic N) is 1. The minimum Gasteiger partial charge on any atom is -0.465 e. The van der Waals surface area contributed by atoms with E-state index in [4.69, 9.17) is 4.74 Å². The lowest BCUT2D eigenvalue weighted by Crippen LogP contribution is -2.38. The molecule has 0 unspecified atom stereocenters. The van der Waals surface area contributed by atoms with E-state index in [-0.39, 0.29) is 32.7 Å². The molecule has 0 aliphatic heterocycles. The number of carbonyl (C=O) groups is 3. The second-order valence-corrected chi connectivity index (χ2v) is 4.66. The molecule has 24 heavy (non-hydrogen) atoms. The fourth-order valence-electron chi connectivity index (χ4n) is 1.87. The number of carbonyl (C=O) groups excluding carboxylic acids is 3.